The standard InChI is InChI=1S/C19H21FN4O2.HI/c1-25-14-4-6-18(26-2)17(10-14)24-19(21)22-8-7-12-11-23-16-9-13(20)3-5-15(12)16;/h3-6,9-11,23H,7-8H2,1-2H3,(H3,21,22,24);1H. The van der Waals surface area contributed by atoms with Crippen LogP contribution < -0.4 is 20.5 Å². The van der Waals surface area contributed by atoms with Crippen LogP contribution in [0.3, 0.4) is 0 Å². The Bertz CT molecular complexity index is 943. The fourth-order valence-electron chi connectivity index (χ4n) is 2.75. The predicted octanol–water partition coefficient (Wildman–Crippen LogP) is 3.91. The average Bonchev–Trinajstić information content (AvgIpc) is 3.03. The first-order valence-electron chi connectivity index (χ1n) is 8.15. The molecule has 6 nitrogen and oxygen atoms in total. The number of H-pyrrole nitrogens is 1. The van der Waals surface area contributed by atoms with Crippen LogP contribution in [0.2, 0.25) is 0 Å². The van der Waals surface area contributed by atoms with Crippen LogP contribution in [0.4, 0.5) is 10.1 Å². The van der Waals surface area contributed by atoms with Crippen LogP contribution in [0, 0.1) is 5.82 Å². The predicted molar refractivity (Wildman–Crippen MR) is 117 cm³/mol. The number of aliphatic imine (C=N–C) groups is 1. The summed E-state index contributed by atoms with van der Waals surface area (Å²) in [7, 11) is 3.18. The number of hydrogen-bond acceptors (Lipinski definition) is 3. The van der Waals surface area contributed by atoms with Gasteiger partial charge in [-0.05, 0) is 42.3 Å². The average molecular weight is 484 g/mol. The number of anilines is 1. The summed E-state index contributed by atoms with van der Waals surface area (Å²) in [6.07, 6.45) is 2.55. The summed E-state index contributed by atoms with van der Waals surface area (Å²) >= 11 is 0. The second kappa shape index (κ2) is 9.45. The van der Waals surface area contributed by atoms with Crippen molar-refractivity contribution >= 4 is 46.5 Å². The quantitative estimate of drug-likeness (QED) is 0.282. The summed E-state index contributed by atoms with van der Waals surface area (Å²) in [5.74, 6) is 1.35. The molecule has 0 aliphatic heterocycles. The SMILES string of the molecule is COc1ccc(OC)c(NC(N)=NCCc2c[nH]c3cc(F)ccc23)c1.I. The molecular formula is C19H22FIN4O2. The van der Waals surface area contributed by atoms with Crippen LogP contribution in [0.5, 0.6) is 11.5 Å². The molecule has 1 heterocycles. The Morgan fingerprint density at radius 1 is 1.19 bits per heavy atom. The zero-order chi connectivity index (χ0) is 18.5. The van der Waals surface area contributed by atoms with Crippen molar-refractivity contribution in [3.05, 3.63) is 54.0 Å². The van der Waals surface area contributed by atoms with Crippen LogP contribution in [0.25, 0.3) is 10.9 Å². The normalized spacial score (nSPS) is 11.1. The van der Waals surface area contributed by atoms with Gasteiger partial charge in [-0.3, -0.25) is 4.99 Å². The van der Waals surface area contributed by atoms with Gasteiger partial charge in [-0.15, -0.1) is 24.0 Å². The number of nitrogens with zero attached hydrogens (tertiary/aromatic N) is 1. The molecule has 0 saturated carbocycles. The van der Waals surface area contributed by atoms with Gasteiger partial charge >= 0.3 is 0 Å². The van der Waals surface area contributed by atoms with Gasteiger partial charge in [0, 0.05) is 29.7 Å². The third kappa shape index (κ3) is 5.03. The molecule has 1 aromatic heterocycles. The van der Waals surface area contributed by atoms with Crippen molar-refractivity contribution in [2.24, 2.45) is 10.7 Å². The van der Waals surface area contributed by atoms with Gasteiger partial charge < -0.3 is 25.5 Å². The molecule has 3 aromatic rings. The van der Waals surface area contributed by atoms with Gasteiger partial charge in [-0.1, -0.05) is 0 Å². The lowest BCUT2D eigenvalue weighted by atomic mass is 10.1. The molecule has 4 N–H and O–H groups in total. The molecule has 0 atom stereocenters. The highest BCUT2D eigenvalue weighted by atomic mass is 127. The summed E-state index contributed by atoms with van der Waals surface area (Å²) in [6.45, 7) is 0.495. The minimum atomic E-state index is -0.260. The number of aromatic nitrogens is 1. The number of rotatable bonds is 6. The van der Waals surface area contributed by atoms with Crippen molar-refractivity contribution in [3.8, 4) is 11.5 Å². The third-order valence-electron chi connectivity index (χ3n) is 4.06. The number of hydrogen-bond donors (Lipinski definition) is 3. The number of halogens is 2. The van der Waals surface area contributed by atoms with Gasteiger partial charge in [0.25, 0.3) is 0 Å². The van der Waals surface area contributed by atoms with Crippen molar-refractivity contribution in [1.29, 1.82) is 0 Å². The molecule has 0 unspecified atom stereocenters. The van der Waals surface area contributed by atoms with E-state index in [4.69, 9.17) is 15.2 Å². The van der Waals surface area contributed by atoms with Crippen LogP contribution in [0.1, 0.15) is 5.56 Å². The smallest absolute Gasteiger partial charge is 0.193 e. The van der Waals surface area contributed by atoms with Crippen molar-refractivity contribution in [3.63, 3.8) is 0 Å². The number of methoxy groups -OCH3 is 2. The highest BCUT2D eigenvalue weighted by molar-refractivity contribution is 14.0. The van der Waals surface area contributed by atoms with E-state index in [9.17, 15) is 4.39 Å². The van der Waals surface area contributed by atoms with Gasteiger partial charge in [0.1, 0.15) is 17.3 Å². The maximum Gasteiger partial charge on any atom is 0.193 e. The second-order valence-corrected chi connectivity index (χ2v) is 5.71. The van der Waals surface area contributed by atoms with Crippen LogP contribution in [-0.4, -0.2) is 31.7 Å². The second-order valence-electron chi connectivity index (χ2n) is 5.71. The molecule has 8 heteroatoms. The van der Waals surface area contributed by atoms with Gasteiger partial charge in [0.15, 0.2) is 5.96 Å². The molecule has 0 radical (unpaired) electrons. The first-order valence-corrected chi connectivity index (χ1v) is 8.15. The van der Waals surface area contributed by atoms with Gasteiger partial charge in [0.2, 0.25) is 0 Å². The molecule has 2 aromatic carbocycles. The number of nitrogens with two attached hydrogens (primary N) is 1. The van der Waals surface area contributed by atoms with Crippen LogP contribution in [0.15, 0.2) is 47.6 Å². The van der Waals surface area contributed by atoms with Gasteiger partial charge in [0.05, 0.1) is 19.9 Å². The number of fused-ring (bicyclic) bond motifs is 1. The fourth-order valence-corrected chi connectivity index (χ4v) is 2.75. The molecule has 3 rings (SSSR count). The Kier molecular flexibility index (Phi) is 7.28. The summed E-state index contributed by atoms with van der Waals surface area (Å²) in [5.41, 5.74) is 8.49. The van der Waals surface area contributed by atoms with Gasteiger partial charge in [-0.2, -0.15) is 0 Å². The molecule has 0 fully saturated rings. The fraction of sp³-hybridized carbons (Fsp3) is 0.211. The summed E-state index contributed by atoms with van der Waals surface area (Å²) in [6, 6.07) is 10.1. The first kappa shape index (κ1) is 20.8. The highest BCUT2D eigenvalue weighted by Gasteiger charge is 2.07. The summed E-state index contributed by atoms with van der Waals surface area (Å²) in [5, 5.41) is 4.01. The highest BCUT2D eigenvalue weighted by Crippen LogP contribution is 2.28. The molecule has 144 valence electrons. The molecule has 0 saturated heterocycles. The summed E-state index contributed by atoms with van der Waals surface area (Å²) < 4.78 is 23.8. The lowest BCUT2D eigenvalue weighted by molar-refractivity contribution is 0.405. The Labute approximate surface area is 174 Å². The Balaban J connectivity index is 0.00000261. The number of ether oxygens (including phenoxy) is 2. The topological polar surface area (TPSA) is 84.7 Å². The number of benzene rings is 2. The summed E-state index contributed by atoms with van der Waals surface area (Å²) in [4.78, 5) is 7.42. The number of nitrogens with one attached hydrogen (secondary N) is 2. The largest absolute Gasteiger partial charge is 0.497 e. The van der Waals surface area contributed by atoms with Crippen molar-refractivity contribution in [1.82, 2.24) is 4.98 Å². The molecule has 0 aliphatic rings. The van der Waals surface area contributed by atoms with E-state index >= 15 is 0 Å². The lowest BCUT2D eigenvalue weighted by Crippen LogP contribution is -2.23. The molecule has 0 spiro atoms. The van der Waals surface area contributed by atoms with Crippen LogP contribution in [-0.2, 0) is 6.42 Å². The minimum Gasteiger partial charge on any atom is -0.497 e. The molecule has 0 aliphatic carbocycles. The number of aromatic amines is 1. The van der Waals surface area contributed by atoms with Crippen LogP contribution >= 0.6 is 24.0 Å². The zero-order valence-electron chi connectivity index (χ0n) is 15.1. The van der Waals surface area contributed by atoms with Crippen molar-refractivity contribution in [2.45, 2.75) is 6.42 Å². The van der Waals surface area contributed by atoms with E-state index in [2.05, 4.69) is 15.3 Å². The maximum absolute atomic E-state index is 13.2. The van der Waals surface area contributed by atoms with Crippen molar-refractivity contribution < 1.29 is 13.9 Å². The third-order valence-corrected chi connectivity index (χ3v) is 4.06. The Morgan fingerprint density at radius 2 is 2.00 bits per heavy atom. The molecule has 0 bridgehead atoms. The molecular weight excluding hydrogens is 462 g/mol. The van der Waals surface area contributed by atoms with E-state index < -0.39 is 0 Å². The minimum absolute atomic E-state index is 0. The maximum atomic E-state index is 13.2. The molecule has 27 heavy (non-hydrogen) atoms. The van der Waals surface area contributed by atoms with E-state index in [-0.39, 0.29) is 35.8 Å². The lowest BCUT2D eigenvalue weighted by Gasteiger charge is -2.12. The van der Waals surface area contributed by atoms with E-state index in [1.165, 1.54) is 12.1 Å². The Hall–Kier alpha value is -2.49. The van der Waals surface area contributed by atoms with Crippen molar-refractivity contribution in [2.75, 3.05) is 26.1 Å². The monoisotopic (exact) mass is 484 g/mol. The first-order chi connectivity index (χ1) is 12.6. The van der Waals surface area contributed by atoms with E-state index in [1.54, 1.807) is 38.5 Å². The zero-order valence-corrected chi connectivity index (χ0v) is 17.4. The molecule has 0 amide bonds. The van der Waals surface area contributed by atoms with E-state index in [0.29, 0.717) is 30.2 Å². The van der Waals surface area contributed by atoms with Gasteiger partial charge in [-0.25, -0.2) is 4.39 Å². The number of guanidine groups is 1. The van der Waals surface area contributed by atoms with E-state index in [0.717, 1.165) is 16.5 Å². The van der Waals surface area contributed by atoms with E-state index in [1.807, 2.05) is 6.20 Å². The Morgan fingerprint density at radius 3 is 2.74 bits per heavy atom.